The molecule has 1 rings (SSSR count). The molecule has 23 heavy (non-hydrogen) atoms. The van der Waals surface area contributed by atoms with E-state index in [9.17, 15) is 9.59 Å². The number of nitrogen functional groups attached to an aromatic ring is 1. The maximum Gasteiger partial charge on any atom is 0.305 e. The fourth-order valence-corrected chi connectivity index (χ4v) is 1.91. The van der Waals surface area contributed by atoms with Gasteiger partial charge in [0.2, 0.25) is 5.91 Å². The van der Waals surface area contributed by atoms with Crippen molar-refractivity contribution < 1.29 is 14.7 Å². The number of hydrogen-bond donors (Lipinski definition) is 5. The molecule has 0 aliphatic carbocycles. The third kappa shape index (κ3) is 7.12. The van der Waals surface area contributed by atoms with Gasteiger partial charge in [0.1, 0.15) is 5.84 Å². The number of hydrogen-bond acceptors (Lipinski definition) is 4. The lowest BCUT2D eigenvalue weighted by Gasteiger charge is -2.12. The summed E-state index contributed by atoms with van der Waals surface area (Å²) < 4.78 is 0. The third-order valence-corrected chi connectivity index (χ3v) is 3.13. The zero-order chi connectivity index (χ0) is 17.2. The number of amides is 1. The molecular formula is C16H22N4O3. The van der Waals surface area contributed by atoms with Crippen LogP contribution in [0.2, 0.25) is 0 Å². The SMILES string of the molecule is C=C[C@H](CC(=O)O)NC(=O)CCCNc1ccc(C(=N)N)cc1. The summed E-state index contributed by atoms with van der Waals surface area (Å²) in [6.07, 6.45) is 2.15. The molecule has 1 aromatic carbocycles. The van der Waals surface area contributed by atoms with Crippen molar-refractivity contribution in [1.82, 2.24) is 5.32 Å². The molecule has 0 aliphatic rings. The van der Waals surface area contributed by atoms with Gasteiger partial charge >= 0.3 is 5.97 Å². The highest BCUT2D eigenvalue weighted by Crippen LogP contribution is 2.09. The van der Waals surface area contributed by atoms with Gasteiger partial charge in [-0.05, 0) is 30.7 Å². The van der Waals surface area contributed by atoms with Crippen molar-refractivity contribution in [2.75, 3.05) is 11.9 Å². The fourth-order valence-electron chi connectivity index (χ4n) is 1.91. The van der Waals surface area contributed by atoms with Gasteiger partial charge in [0.15, 0.2) is 0 Å². The van der Waals surface area contributed by atoms with Crippen LogP contribution in [0.1, 0.15) is 24.8 Å². The Bertz CT molecular complexity index is 569. The summed E-state index contributed by atoms with van der Waals surface area (Å²) in [6, 6.07) is 6.58. The molecule has 7 nitrogen and oxygen atoms in total. The predicted molar refractivity (Wildman–Crippen MR) is 89.6 cm³/mol. The smallest absolute Gasteiger partial charge is 0.305 e. The maximum atomic E-state index is 11.7. The summed E-state index contributed by atoms with van der Waals surface area (Å²) >= 11 is 0. The summed E-state index contributed by atoms with van der Waals surface area (Å²) in [5.41, 5.74) is 6.91. The number of carbonyl (C=O) groups is 2. The lowest BCUT2D eigenvalue weighted by molar-refractivity contribution is -0.137. The molecule has 1 amide bonds. The van der Waals surface area contributed by atoms with Gasteiger partial charge < -0.3 is 21.5 Å². The van der Waals surface area contributed by atoms with Crippen LogP contribution in [-0.4, -0.2) is 35.4 Å². The average molecular weight is 318 g/mol. The van der Waals surface area contributed by atoms with Crippen molar-refractivity contribution >= 4 is 23.4 Å². The highest BCUT2D eigenvalue weighted by atomic mass is 16.4. The first kappa shape index (κ1) is 18.2. The number of carboxylic acid groups (broad SMARTS) is 1. The first-order chi connectivity index (χ1) is 10.9. The lowest BCUT2D eigenvalue weighted by atomic mass is 10.2. The molecule has 124 valence electrons. The van der Waals surface area contributed by atoms with Gasteiger partial charge in [-0.1, -0.05) is 6.08 Å². The molecule has 0 fully saturated rings. The van der Waals surface area contributed by atoms with Crippen LogP contribution in [0.25, 0.3) is 0 Å². The van der Waals surface area contributed by atoms with E-state index in [2.05, 4.69) is 17.2 Å². The van der Waals surface area contributed by atoms with Crippen molar-refractivity contribution in [2.45, 2.75) is 25.3 Å². The molecule has 7 heteroatoms. The van der Waals surface area contributed by atoms with Crippen LogP contribution in [0, 0.1) is 5.41 Å². The second-order valence-corrected chi connectivity index (χ2v) is 5.03. The molecule has 0 heterocycles. The van der Waals surface area contributed by atoms with Crippen molar-refractivity contribution in [3.63, 3.8) is 0 Å². The third-order valence-electron chi connectivity index (χ3n) is 3.13. The molecule has 1 aromatic rings. The zero-order valence-electron chi connectivity index (χ0n) is 12.8. The summed E-state index contributed by atoms with van der Waals surface area (Å²) in [6.45, 7) is 4.11. The van der Waals surface area contributed by atoms with E-state index in [0.29, 0.717) is 24.9 Å². The molecule has 0 radical (unpaired) electrons. The van der Waals surface area contributed by atoms with Crippen molar-refractivity contribution in [2.24, 2.45) is 5.73 Å². The van der Waals surface area contributed by atoms with Gasteiger partial charge in [-0.2, -0.15) is 0 Å². The maximum absolute atomic E-state index is 11.7. The van der Waals surface area contributed by atoms with E-state index in [4.69, 9.17) is 16.2 Å². The molecule has 0 saturated carbocycles. The number of anilines is 1. The summed E-state index contributed by atoms with van der Waals surface area (Å²) in [7, 11) is 0. The summed E-state index contributed by atoms with van der Waals surface area (Å²) in [4.78, 5) is 22.3. The Balaban J connectivity index is 2.28. The average Bonchev–Trinajstić information content (AvgIpc) is 2.50. The quantitative estimate of drug-likeness (QED) is 0.192. The van der Waals surface area contributed by atoms with E-state index in [1.165, 1.54) is 6.08 Å². The molecule has 1 atom stereocenters. The molecule has 0 spiro atoms. The summed E-state index contributed by atoms with van der Waals surface area (Å²) in [5.74, 6) is -1.16. The van der Waals surface area contributed by atoms with E-state index < -0.39 is 12.0 Å². The minimum atomic E-state index is -0.981. The molecule has 0 aliphatic heterocycles. The Morgan fingerprint density at radius 3 is 2.52 bits per heavy atom. The minimum absolute atomic E-state index is 0.0198. The largest absolute Gasteiger partial charge is 0.481 e. The van der Waals surface area contributed by atoms with Crippen LogP contribution >= 0.6 is 0 Å². The van der Waals surface area contributed by atoms with E-state index in [1.54, 1.807) is 12.1 Å². The Morgan fingerprint density at radius 2 is 2.00 bits per heavy atom. The van der Waals surface area contributed by atoms with Crippen molar-refractivity contribution in [3.05, 3.63) is 42.5 Å². The van der Waals surface area contributed by atoms with Crippen LogP contribution in [0.5, 0.6) is 0 Å². The zero-order valence-corrected chi connectivity index (χ0v) is 12.8. The Morgan fingerprint density at radius 1 is 1.35 bits per heavy atom. The first-order valence-corrected chi connectivity index (χ1v) is 7.24. The van der Waals surface area contributed by atoms with E-state index in [0.717, 1.165) is 5.69 Å². The monoisotopic (exact) mass is 318 g/mol. The number of nitrogens with two attached hydrogens (primary N) is 1. The topological polar surface area (TPSA) is 128 Å². The lowest BCUT2D eigenvalue weighted by Crippen LogP contribution is -2.35. The molecular weight excluding hydrogens is 296 g/mol. The van der Waals surface area contributed by atoms with Crippen LogP contribution in [0.3, 0.4) is 0 Å². The Labute approximate surface area is 135 Å². The molecule has 0 bridgehead atoms. The number of rotatable bonds is 10. The van der Waals surface area contributed by atoms with Gasteiger partial charge in [-0.3, -0.25) is 15.0 Å². The predicted octanol–water partition coefficient (Wildman–Crippen LogP) is 1.31. The normalized spacial score (nSPS) is 11.3. The van der Waals surface area contributed by atoms with Gasteiger partial charge in [0.25, 0.3) is 0 Å². The van der Waals surface area contributed by atoms with E-state index in [1.807, 2.05) is 12.1 Å². The highest BCUT2D eigenvalue weighted by molar-refractivity contribution is 5.95. The Kier molecular flexibility index (Phi) is 7.32. The molecule has 0 saturated heterocycles. The first-order valence-electron chi connectivity index (χ1n) is 7.24. The second kappa shape index (κ2) is 9.24. The highest BCUT2D eigenvalue weighted by Gasteiger charge is 2.12. The standard InChI is InChI=1S/C16H22N4O3/c1-2-12(10-15(22)23)20-14(21)4-3-9-19-13-7-5-11(6-8-13)16(17)18/h2,5-8,12,19H,1,3-4,9-10H2,(H3,17,18)(H,20,21)(H,22,23)/t12-/m1/s1. The van der Waals surface area contributed by atoms with Crippen molar-refractivity contribution in [3.8, 4) is 0 Å². The number of carboxylic acids is 1. The number of aliphatic carboxylic acids is 1. The second-order valence-electron chi connectivity index (χ2n) is 5.03. The van der Waals surface area contributed by atoms with Crippen LogP contribution in [0.15, 0.2) is 36.9 Å². The van der Waals surface area contributed by atoms with Crippen LogP contribution in [0.4, 0.5) is 5.69 Å². The van der Waals surface area contributed by atoms with Crippen molar-refractivity contribution in [1.29, 1.82) is 5.41 Å². The van der Waals surface area contributed by atoms with E-state index in [-0.39, 0.29) is 18.2 Å². The summed E-state index contributed by atoms with van der Waals surface area (Å²) in [5, 5.41) is 21.8. The van der Waals surface area contributed by atoms with Crippen LogP contribution in [-0.2, 0) is 9.59 Å². The van der Waals surface area contributed by atoms with Gasteiger partial charge in [0, 0.05) is 24.2 Å². The van der Waals surface area contributed by atoms with E-state index >= 15 is 0 Å². The number of benzene rings is 1. The number of carbonyl (C=O) groups excluding carboxylic acids is 1. The fraction of sp³-hybridized carbons (Fsp3) is 0.312. The molecule has 0 aromatic heterocycles. The Hall–Kier alpha value is -2.83. The minimum Gasteiger partial charge on any atom is -0.481 e. The number of amidine groups is 1. The van der Waals surface area contributed by atoms with Gasteiger partial charge in [0.05, 0.1) is 12.5 Å². The van der Waals surface area contributed by atoms with Crippen LogP contribution < -0.4 is 16.4 Å². The number of nitrogens with one attached hydrogen (secondary N) is 3. The molecule has 0 unspecified atom stereocenters. The molecule has 6 N–H and O–H groups in total. The van der Waals surface area contributed by atoms with Gasteiger partial charge in [-0.15, -0.1) is 6.58 Å². The van der Waals surface area contributed by atoms with Gasteiger partial charge in [-0.25, -0.2) is 0 Å².